The van der Waals surface area contributed by atoms with Crippen LogP contribution in [-0.2, 0) is 6.54 Å². The first-order chi connectivity index (χ1) is 6.60. The molecule has 0 spiro atoms. The van der Waals surface area contributed by atoms with E-state index in [2.05, 4.69) is 4.98 Å². The number of pyridine rings is 1. The Morgan fingerprint density at radius 2 is 2.21 bits per heavy atom. The van der Waals surface area contributed by atoms with Crippen molar-refractivity contribution in [1.82, 2.24) is 4.98 Å². The highest BCUT2D eigenvalue weighted by molar-refractivity contribution is 5.35. The van der Waals surface area contributed by atoms with E-state index in [1.807, 2.05) is 0 Å². The van der Waals surface area contributed by atoms with E-state index in [-0.39, 0.29) is 12.2 Å². The third-order valence-corrected chi connectivity index (χ3v) is 1.60. The Labute approximate surface area is 78.0 Å². The number of alkyl halides is 2. The second kappa shape index (κ2) is 4.07. The number of hydrogen-bond acceptors (Lipinski definition) is 3. The van der Waals surface area contributed by atoms with Crippen molar-refractivity contribution in [3.63, 3.8) is 0 Å². The fourth-order valence-electron chi connectivity index (χ4n) is 0.942. The first-order valence-corrected chi connectivity index (χ1v) is 3.67. The van der Waals surface area contributed by atoms with Crippen LogP contribution < -0.4 is 5.73 Å². The number of nitrogens with zero attached hydrogens (tertiary/aromatic N) is 2. The quantitative estimate of drug-likeness (QED) is 0.788. The van der Waals surface area contributed by atoms with Gasteiger partial charge in [-0.2, -0.15) is 5.26 Å². The van der Waals surface area contributed by atoms with Gasteiger partial charge < -0.3 is 5.73 Å². The fraction of sp³-hybridized carbons (Fsp3) is 0.250. The summed E-state index contributed by atoms with van der Waals surface area (Å²) in [6.45, 7) is -0.280. The molecule has 1 rings (SSSR count). The van der Waals surface area contributed by atoms with E-state index >= 15 is 0 Å². The molecule has 0 radical (unpaired) electrons. The second-order valence-electron chi connectivity index (χ2n) is 2.47. The molecule has 1 heterocycles. The number of rotatable bonds is 2. The summed E-state index contributed by atoms with van der Waals surface area (Å²) >= 11 is 0. The largest absolute Gasteiger partial charge is 0.325 e. The maximum atomic E-state index is 12.9. The van der Waals surface area contributed by atoms with Gasteiger partial charge in [0.05, 0.1) is 11.3 Å². The molecule has 0 saturated carbocycles. The lowest BCUT2D eigenvalue weighted by Crippen LogP contribution is -2.07. The maximum Gasteiger partial charge on any atom is 0.281 e. The zero-order chi connectivity index (χ0) is 10.7. The SMILES string of the molecule is N#Cc1cc(F)c(CN)nc1C(F)F. The second-order valence-corrected chi connectivity index (χ2v) is 2.47. The summed E-state index contributed by atoms with van der Waals surface area (Å²) in [4.78, 5) is 3.29. The molecule has 0 bridgehead atoms. The highest BCUT2D eigenvalue weighted by Gasteiger charge is 2.18. The molecule has 0 aliphatic carbocycles. The van der Waals surface area contributed by atoms with Gasteiger partial charge in [-0.3, -0.25) is 0 Å². The summed E-state index contributed by atoms with van der Waals surface area (Å²) in [5.74, 6) is -0.839. The van der Waals surface area contributed by atoms with Gasteiger partial charge in [-0.25, -0.2) is 18.2 Å². The molecule has 0 unspecified atom stereocenters. The Bertz CT molecular complexity index is 384. The molecule has 14 heavy (non-hydrogen) atoms. The first-order valence-electron chi connectivity index (χ1n) is 3.67. The van der Waals surface area contributed by atoms with Crippen LogP contribution in [-0.4, -0.2) is 4.98 Å². The summed E-state index contributed by atoms with van der Waals surface area (Å²) in [5.41, 5.74) is 3.63. The van der Waals surface area contributed by atoms with Crippen LogP contribution in [0.4, 0.5) is 13.2 Å². The van der Waals surface area contributed by atoms with Crippen LogP contribution in [0.25, 0.3) is 0 Å². The van der Waals surface area contributed by atoms with E-state index in [4.69, 9.17) is 11.0 Å². The zero-order valence-corrected chi connectivity index (χ0v) is 6.97. The minimum absolute atomic E-state index is 0.265. The summed E-state index contributed by atoms with van der Waals surface area (Å²) in [5, 5.41) is 8.43. The molecule has 0 amide bonds. The average molecular weight is 201 g/mol. The molecule has 74 valence electrons. The molecule has 1 aromatic heterocycles. The number of nitrogens with two attached hydrogens (primary N) is 1. The van der Waals surface area contributed by atoms with Crippen molar-refractivity contribution in [1.29, 1.82) is 5.26 Å². The average Bonchev–Trinajstić information content (AvgIpc) is 2.16. The van der Waals surface area contributed by atoms with Crippen molar-refractivity contribution in [3.05, 3.63) is 28.8 Å². The Balaban J connectivity index is 3.34. The number of aromatic nitrogens is 1. The van der Waals surface area contributed by atoms with Crippen molar-refractivity contribution in [2.45, 2.75) is 13.0 Å². The van der Waals surface area contributed by atoms with Crippen LogP contribution >= 0.6 is 0 Å². The molecule has 0 aliphatic rings. The van der Waals surface area contributed by atoms with Crippen LogP contribution in [0.1, 0.15) is 23.4 Å². The maximum absolute atomic E-state index is 12.9. The van der Waals surface area contributed by atoms with Gasteiger partial charge in [0.2, 0.25) is 0 Å². The van der Waals surface area contributed by atoms with Gasteiger partial charge in [-0.1, -0.05) is 0 Å². The summed E-state index contributed by atoms with van der Waals surface area (Å²) in [7, 11) is 0. The van der Waals surface area contributed by atoms with Crippen molar-refractivity contribution in [2.75, 3.05) is 0 Å². The van der Waals surface area contributed by atoms with Gasteiger partial charge in [-0.05, 0) is 6.07 Å². The number of hydrogen-bond donors (Lipinski definition) is 1. The third-order valence-electron chi connectivity index (χ3n) is 1.60. The molecule has 0 aromatic carbocycles. The minimum atomic E-state index is -2.91. The normalized spacial score (nSPS) is 10.3. The van der Waals surface area contributed by atoms with Crippen molar-refractivity contribution < 1.29 is 13.2 Å². The van der Waals surface area contributed by atoms with Gasteiger partial charge >= 0.3 is 0 Å². The minimum Gasteiger partial charge on any atom is -0.325 e. The summed E-state index contributed by atoms with van der Waals surface area (Å²) in [6, 6.07) is 2.16. The predicted molar refractivity (Wildman–Crippen MR) is 41.8 cm³/mol. The van der Waals surface area contributed by atoms with Crippen molar-refractivity contribution >= 4 is 0 Å². The highest BCUT2D eigenvalue weighted by Crippen LogP contribution is 2.22. The van der Waals surface area contributed by atoms with E-state index in [9.17, 15) is 13.2 Å². The van der Waals surface area contributed by atoms with E-state index in [0.717, 1.165) is 6.07 Å². The molecule has 1 aromatic rings. The van der Waals surface area contributed by atoms with Gasteiger partial charge in [0.15, 0.2) is 0 Å². The molecule has 6 heteroatoms. The smallest absolute Gasteiger partial charge is 0.281 e. The Hall–Kier alpha value is -1.61. The highest BCUT2D eigenvalue weighted by atomic mass is 19.3. The summed E-state index contributed by atoms with van der Waals surface area (Å²) in [6.07, 6.45) is -2.91. The van der Waals surface area contributed by atoms with Crippen molar-refractivity contribution in [3.8, 4) is 6.07 Å². The van der Waals surface area contributed by atoms with Crippen molar-refractivity contribution in [2.24, 2.45) is 5.73 Å². The standard InChI is InChI=1S/C8H6F3N3/c9-5-1-4(2-12)7(8(10)11)14-6(5)3-13/h1,8H,3,13H2. The van der Waals surface area contributed by atoms with Gasteiger partial charge in [0.1, 0.15) is 17.6 Å². The lowest BCUT2D eigenvalue weighted by atomic mass is 10.2. The lowest BCUT2D eigenvalue weighted by molar-refractivity contribution is 0.145. The lowest BCUT2D eigenvalue weighted by Gasteiger charge is -2.05. The molecule has 0 saturated heterocycles. The predicted octanol–water partition coefficient (Wildman–Crippen LogP) is 1.49. The molecule has 0 aliphatic heterocycles. The zero-order valence-electron chi connectivity index (χ0n) is 6.97. The van der Waals surface area contributed by atoms with E-state index < -0.39 is 23.5 Å². The van der Waals surface area contributed by atoms with E-state index in [0.29, 0.717) is 0 Å². The third kappa shape index (κ3) is 1.83. The monoisotopic (exact) mass is 201 g/mol. The Morgan fingerprint density at radius 3 is 2.64 bits per heavy atom. The van der Waals surface area contributed by atoms with Crippen LogP contribution in [0.15, 0.2) is 6.07 Å². The molecule has 0 fully saturated rings. The molecule has 0 atom stereocenters. The van der Waals surface area contributed by atoms with Crippen LogP contribution in [0, 0.1) is 17.1 Å². The molecular formula is C8H6F3N3. The first kappa shape index (κ1) is 10.5. The molecule has 3 nitrogen and oxygen atoms in total. The topological polar surface area (TPSA) is 62.7 Å². The van der Waals surface area contributed by atoms with E-state index in [1.54, 1.807) is 0 Å². The number of halogens is 3. The van der Waals surface area contributed by atoms with E-state index in [1.165, 1.54) is 6.07 Å². The van der Waals surface area contributed by atoms with Gasteiger partial charge in [0.25, 0.3) is 6.43 Å². The van der Waals surface area contributed by atoms with Crippen LogP contribution in [0.5, 0.6) is 0 Å². The van der Waals surface area contributed by atoms with Gasteiger partial charge in [0, 0.05) is 6.54 Å². The van der Waals surface area contributed by atoms with Gasteiger partial charge in [-0.15, -0.1) is 0 Å². The molecule has 2 N–H and O–H groups in total. The Kier molecular flexibility index (Phi) is 3.04. The number of nitriles is 1. The summed E-state index contributed by atoms with van der Waals surface area (Å²) < 4.78 is 37.5. The van der Waals surface area contributed by atoms with Crippen LogP contribution in [0.3, 0.4) is 0 Å². The molecular weight excluding hydrogens is 195 g/mol. The fourth-order valence-corrected chi connectivity index (χ4v) is 0.942. The Morgan fingerprint density at radius 1 is 1.57 bits per heavy atom. The van der Waals surface area contributed by atoms with Crippen LogP contribution in [0.2, 0.25) is 0 Å².